The number of anilines is 1. The van der Waals surface area contributed by atoms with Crippen LogP contribution in [0.25, 0.3) is 0 Å². The van der Waals surface area contributed by atoms with Crippen molar-refractivity contribution in [3.8, 4) is 5.75 Å². The van der Waals surface area contributed by atoms with Crippen molar-refractivity contribution < 1.29 is 14.3 Å². The smallest absolute Gasteiger partial charge is 0.322 e. The van der Waals surface area contributed by atoms with E-state index in [9.17, 15) is 4.79 Å². The van der Waals surface area contributed by atoms with E-state index in [4.69, 9.17) is 9.47 Å². The van der Waals surface area contributed by atoms with Gasteiger partial charge in [0.1, 0.15) is 16.5 Å². The van der Waals surface area contributed by atoms with Crippen molar-refractivity contribution in [2.45, 2.75) is 6.10 Å². The monoisotopic (exact) mass is 469 g/mol. The van der Waals surface area contributed by atoms with E-state index in [1.54, 1.807) is 24.3 Å². The van der Waals surface area contributed by atoms with Crippen molar-refractivity contribution in [3.05, 3.63) is 51.2 Å². The Morgan fingerprint density at radius 2 is 2.12 bits per heavy atom. The third-order valence-corrected chi connectivity index (χ3v) is 5.66. The number of pyridine rings is 1. The van der Waals surface area contributed by atoms with E-state index < -0.39 is 0 Å². The number of halogens is 2. The molecule has 1 aromatic heterocycles. The molecule has 132 valence electrons. The Kier molecular flexibility index (Phi) is 5.93. The van der Waals surface area contributed by atoms with Gasteiger partial charge in [-0.15, -0.1) is 0 Å². The fourth-order valence-electron chi connectivity index (χ4n) is 2.55. The van der Waals surface area contributed by atoms with Gasteiger partial charge in [0.05, 0.1) is 36.6 Å². The summed E-state index contributed by atoms with van der Waals surface area (Å²) in [5.41, 5.74) is 1.65. The van der Waals surface area contributed by atoms with Crippen molar-refractivity contribution in [2.75, 3.05) is 32.1 Å². The molecule has 2 aromatic rings. The Labute approximate surface area is 162 Å². The number of carbonyl (C=O) groups is 1. The number of aromatic nitrogens is 1. The van der Waals surface area contributed by atoms with Gasteiger partial charge < -0.3 is 19.7 Å². The van der Waals surface area contributed by atoms with E-state index in [-0.39, 0.29) is 12.1 Å². The van der Waals surface area contributed by atoms with Gasteiger partial charge in [0.15, 0.2) is 0 Å². The zero-order valence-corrected chi connectivity index (χ0v) is 16.7. The average molecular weight is 471 g/mol. The number of nitrogens with one attached hydrogen (secondary N) is 1. The molecule has 1 aromatic carbocycles. The van der Waals surface area contributed by atoms with Crippen molar-refractivity contribution >= 4 is 43.6 Å². The summed E-state index contributed by atoms with van der Waals surface area (Å²) < 4.78 is 12.5. The molecule has 1 aliphatic rings. The number of rotatable bonds is 3. The third-order valence-electron chi connectivity index (χ3n) is 3.89. The highest BCUT2D eigenvalue weighted by Gasteiger charge is 2.25. The first-order valence-electron chi connectivity index (χ1n) is 7.69. The first kappa shape index (κ1) is 18.2. The van der Waals surface area contributed by atoms with E-state index in [1.807, 2.05) is 24.3 Å². The van der Waals surface area contributed by atoms with Gasteiger partial charge in [-0.25, -0.2) is 9.78 Å². The van der Waals surface area contributed by atoms with Gasteiger partial charge in [0.2, 0.25) is 0 Å². The number of hydrogen-bond acceptors (Lipinski definition) is 4. The maximum absolute atomic E-state index is 12.5. The minimum Gasteiger partial charge on any atom is -0.497 e. The van der Waals surface area contributed by atoms with Gasteiger partial charge in [-0.05, 0) is 55.6 Å². The molecule has 0 spiro atoms. The summed E-state index contributed by atoms with van der Waals surface area (Å²) in [6.45, 7) is 1.53. The SMILES string of the molecule is COc1ccc(C2CN(C(=O)Nc3cnc(Br)c(Br)c3)CCO2)cc1. The number of benzene rings is 1. The van der Waals surface area contributed by atoms with Crippen molar-refractivity contribution in [3.63, 3.8) is 0 Å². The van der Waals surface area contributed by atoms with Crippen LogP contribution in [0.5, 0.6) is 5.75 Å². The van der Waals surface area contributed by atoms with Gasteiger partial charge in [-0.1, -0.05) is 12.1 Å². The second kappa shape index (κ2) is 8.16. The Morgan fingerprint density at radius 1 is 1.36 bits per heavy atom. The van der Waals surface area contributed by atoms with Gasteiger partial charge in [0.25, 0.3) is 0 Å². The maximum Gasteiger partial charge on any atom is 0.322 e. The molecule has 1 unspecified atom stereocenters. The first-order valence-corrected chi connectivity index (χ1v) is 9.28. The number of methoxy groups -OCH3 is 1. The van der Waals surface area contributed by atoms with E-state index in [2.05, 4.69) is 42.2 Å². The van der Waals surface area contributed by atoms with Gasteiger partial charge >= 0.3 is 6.03 Å². The van der Waals surface area contributed by atoms with Crippen molar-refractivity contribution in [2.24, 2.45) is 0 Å². The molecule has 6 nitrogen and oxygen atoms in total. The number of ether oxygens (including phenoxy) is 2. The van der Waals surface area contributed by atoms with Crippen molar-refractivity contribution in [1.82, 2.24) is 9.88 Å². The summed E-state index contributed by atoms with van der Waals surface area (Å²) in [6, 6.07) is 9.33. The third kappa shape index (κ3) is 4.50. The molecule has 2 amide bonds. The summed E-state index contributed by atoms with van der Waals surface area (Å²) in [5, 5.41) is 2.87. The Morgan fingerprint density at radius 3 is 2.80 bits per heavy atom. The lowest BCUT2D eigenvalue weighted by Crippen LogP contribution is -2.44. The quantitative estimate of drug-likeness (QED) is 0.682. The number of hydrogen-bond donors (Lipinski definition) is 1. The molecule has 0 radical (unpaired) electrons. The Hall–Kier alpha value is -1.64. The van der Waals surface area contributed by atoms with E-state index in [1.165, 1.54) is 0 Å². The predicted octanol–water partition coefficient (Wildman–Crippen LogP) is 4.22. The lowest BCUT2D eigenvalue weighted by Gasteiger charge is -2.33. The van der Waals surface area contributed by atoms with Crippen LogP contribution >= 0.6 is 31.9 Å². The number of urea groups is 1. The molecule has 25 heavy (non-hydrogen) atoms. The number of nitrogens with zero attached hydrogens (tertiary/aromatic N) is 2. The van der Waals surface area contributed by atoms with Gasteiger partial charge in [-0.3, -0.25) is 0 Å². The second-order valence-electron chi connectivity index (χ2n) is 5.51. The fraction of sp³-hybridized carbons (Fsp3) is 0.294. The molecule has 1 saturated heterocycles. The highest BCUT2D eigenvalue weighted by atomic mass is 79.9. The van der Waals surface area contributed by atoms with Crippen molar-refractivity contribution in [1.29, 1.82) is 0 Å². The highest BCUT2D eigenvalue weighted by Crippen LogP contribution is 2.26. The predicted molar refractivity (Wildman–Crippen MR) is 102 cm³/mol. The van der Waals surface area contributed by atoms with Crippen LogP contribution in [-0.4, -0.2) is 42.7 Å². The summed E-state index contributed by atoms with van der Waals surface area (Å²) in [7, 11) is 1.63. The molecule has 1 fully saturated rings. The molecular formula is C17H17Br2N3O3. The lowest BCUT2D eigenvalue weighted by atomic mass is 10.1. The van der Waals surface area contributed by atoms with Crippen LogP contribution in [0, 0.1) is 0 Å². The van der Waals surface area contributed by atoms with Crippen LogP contribution in [0.1, 0.15) is 11.7 Å². The second-order valence-corrected chi connectivity index (χ2v) is 7.11. The standard InChI is InChI=1S/C17H17Br2N3O3/c1-24-13-4-2-11(3-5-13)15-10-22(6-7-25-15)17(23)21-12-8-14(18)16(19)20-9-12/h2-5,8-9,15H,6-7,10H2,1H3,(H,21,23). The minimum absolute atomic E-state index is 0.153. The minimum atomic E-state index is -0.169. The summed E-state index contributed by atoms with van der Waals surface area (Å²) >= 11 is 6.69. The van der Waals surface area contributed by atoms with E-state index in [0.29, 0.717) is 30.0 Å². The Balaban J connectivity index is 1.65. The summed E-state index contributed by atoms with van der Waals surface area (Å²) in [6.07, 6.45) is 1.45. The molecular weight excluding hydrogens is 454 g/mol. The van der Waals surface area contributed by atoms with Gasteiger partial charge in [-0.2, -0.15) is 0 Å². The van der Waals surface area contributed by atoms with Gasteiger partial charge in [0, 0.05) is 6.54 Å². The zero-order chi connectivity index (χ0) is 17.8. The largest absolute Gasteiger partial charge is 0.497 e. The van der Waals surface area contributed by atoms with E-state index in [0.717, 1.165) is 15.8 Å². The van der Waals surface area contributed by atoms with Crippen LogP contribution in [-0.2, 0) is 4.74 Å². The summed E-state index contributed by atoms with van der Waals surface area (Å²) in [5.74, 6) is 0.794. The van der Waals surface area contributed by atoms with Crippen LogP contribution in [0.4, 0.5) is 10.5 Å². The maximum atomic E-state index is 12.5. The van der Waals surface area contributed by atoms with Crippen LogP contribution in [0.2, 0.25) is 0 Å². The van der Waals surface area contributed by atoms with Crippen LogP contribution in [0.15, 0.2) is 45.6 Å². The normalized spacial score (nSPS) is 17.2. The molecule has 0 saturated carbocycles. The topological polar surface area (TPSA) is 63.7 Å². The Bertz CT molecular complexity index is 755. The number of morpholine rings is 1. The molecule has 3 rings (SSSR count). The molecule has 2 heterocycles. The lowest BCUT2D eigenvalue weighted by molar-refractivity contribution is -0.0135. The number of carbonyl (C=O) groups excluding carboxylic acids is 1. The summed E-state index contributed by atoms with van der Waals surface area (Å²) in [4.78, 5) is 18.4. The number of amides is 2. The first-order chi connectivity index (χ1) is 12.1. The molecule has 1 atom stereocenters. The molecule has 1 aliphatic heterocycles. The highest BCUT2D eigenvalue weighted by molar-refractivity contribution is 9.13. The molecule has 1 N–H and O–H groups in total. The molecule has 0 bridgehead atoms. The average Bonchev–Trinajstić information content (AvgIpc) is 2.65. The zero-order valence-electron chi connectivity index (χ0n) is 13.5. The molecule has 0 aliphatic carbocycles. The van der Waals surface area contributed by atoms with E-state index >= 15 is 0 Å². The fourth-order valence-corrected chi connectivity index (χ4v) is 3.11. The molecule has 8 heteroatoms. The van der Waals surface area contributed by atoms with Crippen LogP contribution < -0.4 is 10.1 Å². The van der Waals surface area contributed by atoms with Crippen LogP contribution in [0.3, 0.4) is 0 Å².